The van der Waals surface area contributed by atoms with Crippen molar-refractivity contribution in [3.8, 4) is 56.5 Å². The molecule has 0 spiro atoms. The van der Waals surface area contributed by atoms with Crippen LogP contribution in [0.5, 0.6) is 11.5 Å². The van der Waals surface area contributed by atoms with E-state index in [1.54, 1.807) is 0 Å². The molecular formula is C59H68N2O. The van der Waals surface area contributed by atoms with Crippen molar-refractivity contribution in [3.63, 3.8) is 0 Å². The van der Waals surface area contributed by atoms with E-state index in [-0.39, 0.29) is 43.3 Å². The third-order valence-corrected chi connectivity index (χ3v) is 18.2. The fourth-order valence-corrected chi connectivity index (χ4v) is 11.1. The predicted molar refractivity (Wildman–Crippen MR) is 261 cm³/mol. The quantitative estimate of drug-likeness (QED) is 0.178. The normalized spacial score (nSPS) is 20.1. The van der Waals surface area contributed by atoms with Gasteiger partial charge in [0.1, 0.15) is 11.5 Å². The third-order valence-electron chi connectivity index (χ3n) is 18.2. The molecule has 0 unspecified atom stereocenters. The molecule has 0 fully saturated rings. The molecule has 0 N–H and O–H groups in total. The van der Waals surface area contributed by atoms with Gasteiger partial charge in [-0.05, 0) is 138 Å². The Morgan fingerprint density at radius 1 is 0.403 bits per heavy atom. The first-order valence-corrected chi connectivity index (χ1v) is 22.9. The summed E-state index contributed by atoms with van der Waals surface area (Å²) in [5, 5.41) is 0. The summed E-state index contributed by atoms with van der Waals surface area (Å²) in [4.78, 5) is 11.0. The van der Waals surface area contributed by atoms with Gasteiger partial charge in [0, 0.05) is 27.7 Å². The van der Waals surface area contributed by atoms with E-state index in [1.807, 2.05) is 0 Å². The smallest absolute Gasteiger partial charge is 0.136 e. The molecule has 4 aliphatic rings. The Labute approximate surface area is 372 Å². The van der Waals surface area contributed by atoms with Crippen LogP contribution in [0.2, 0.25) is 0 Å². The molecule has 0 saturated carbocycles. The minimum absolute atomic E-state index is 0.00322. The van der Waals surface area contributed by atoms with Crippen LogP contribution in [0.25, 0.3) is 45.0 Å². The standard InChI is InChI=1S/C59H68N2O/c1-52(2,3)37-23-27-51-41(31-37)49-34-39(33-48(61-49)36-22-26-43-45(30-36)57(12,13)59(16,17)55(43,8)9)53(4,5)38-24-28-50(62-51)40(32-38)47-20-18-19-46(60-47)35-21-25-42-44(29-35)56(10,11)58(14,15)54(42,6)7/h18-34H,1-17H3. The first kappa shape index (κ1) is 42.3. The molecule has 10 rings (SSSR count). The maximum absolute atomic E-state index is 7.14. The van der Waals surface area contributed by atoms with E-state index >= 15 is 0 Å². The highest BCUT2D eigenvalue weighted by atomic mass is 16.5. The third kappa shape index (κ3) is 5.75. The van der Waals surface area contributed by atoms with E-state index < -0.39 is 0 Å². The van der Waals surface area contributed by atoms with Gasteiger partial charge in [0.15, 0.2) is 0 Å². The van der Waals surface area contributed by atoms with Crippen molar-refractivity contribution < 1.29 is 4.74 Å². The van der Waals surface area contributed by atoms with Gasteiger partial charge in [-0.15, -0.1) is 0 Å². The molecule has 2 aliphatic carbocycles. The first-order valence-electron chi connectivity index (χ1n) is 22.9. The second-order valence-corrected chi connectivity index (χ2v) is 23.7. The van der Waals surface area contributed by atoms with Crippen molar-refractivity contribution >= 4 is 0 Å². The number of rotatable bonds is 3. The monoisotopic (exact) mass is 821 g/mol. The van der Waals surface area contributed by atoms with Crippen LogP contribution in [-0.2, 0) is 32.5 Å². The molecule has 4 aromatic carbocycles. The summed E-state index contributed by atoms with van der Waals surface area (Å²) >= 11 is 0. The van der Waals surface area contributed by atoms with Crippen LogP contribution in [0, 0.1) is 10.8 Å². The van der Waals surface area contributed by atoms with E-state index in [9.17, 15) is 0 Å². The number of pyridine rings is 2. The highest BCUT2D eigenvalue weighted by Gasteiger charge is 2.58. The summed E-state index contributed by atoms with van der Waals surface area (Å²) in [5.41, 5.74) is 17.1. The van der Waals surface area contributed by atoms with Gasteiger partial charge in [0.05, 0.1) is 22.8 Å². The maximum Gasteiger partial charge on any atom is 0.136 e. The van der Waals surface area contributed by atoms with Crippen molar-refractivity contribution in [2.45, 2.75) is 150 Å². The average Bonchev–Trinajstić information content (AvgIpc) is 3.38. The minimum atomic E-state index is -0.380. The van der Waals surface area contributed by atoms with Gasteiger partial charge in [-0.1, -0.05) is 160 Å². The second kappa shape index (κ2) is 13.0. The summed E-state index contributed by atoms with van der Waals surface area (Å²) in [6.07, 6.45) is 0. The molecule has 4 bridgehead atoms. The lowest BCUT2D eigenvalue weighted by atomic mass is 9.59. The molecule has 3 heteroatoms. The first-order chi connectivity index (χ1) is 28.6. The van der Waals surface area contributed by atoms with E-state index in [0.717, 1.165) is 56.5 Å². The summed E-state index contributed by atoms with van der Waals surface area (Å²) < 4.78 is 7.14. The van der Waals surface area contributed by atoms with E-state index in [1.165, 1.54) is 38.9 Å². The van der Waals surface area contributed by atoms with Gasteiger partial charge >= 0.3 is 0 Å². The van der Waals surface area contributed by atoms with Gasteiger partial charge in [0.25, 0.3) is 0 Å². The average molecular weight is 821 g/mol. The second-order valence-electron chi connectivity index (χ2n) is 23.7. The zero-order valence-electron chi connectivity index (χ0n) is 40.6. The van der Waals surface area contributed by atoms with Crippen molar-refractivity contribution in [3.05, 3.63) is 142 Å². The Morgan fingerprint density at radius 2 is 0.871 bits per heavy atom. The molecule has 0 radical (unpaired) electrons. The lowest BCUT2D eigenvalue weighted by Crippen LogP contribution is -2.42. The number of hydrogen-bond acceptors (Lipinski definition) is 3. The van der Waals surface area contributed by atoms with Crippen LogP contribution in [0.3, 0.4) is 0 Å². The molecule has 0 atom stereocenters. The number of nitrogens with zero attached hydrogens (tertiary/aromatic N) is 2. The van der Waals surface area contributed by atoms with Crippen LogP contribution in [-0.4, -0.2) is 9.97 Å². The Bertz CT molecular complexity index is 2830. The zero-order valence-corrected chi connectivity index (χ0v) is 40.6. The molecule has 2 aromatic heterocycles. The fourth-order valence-electron chi connectivity index (χ4n) is 11.1. The Morgan fingerprint density at radius 3 is 1.44 bits per heavy atom. The van der Waals surface area contributed by atoms with Crippen molar-refractivity contribution in [2.24, 2.45) is 10.8 Å². The van der Waals surface area contributed by atoms with Crippen molar-refractivity contribution in [2.75, 3.05) is 0 Å². The van der Waals surface area contributed by atoms with Gasteiger partial charge in [0.2, 0.25) is 0 Å². The Balaban J connectivity index is 1.22. The van der Waals surface area contributed by atoms with Crippen LogP contribution < -0.4 is 4.74 Å². The van der Waals surface area contributed by atoms with Gasteiger partial charge in [-0.3, -0.25) is 0 Å². The topological polar surface area (TPSA) is 35.0 Å². The Kier molecular flexibility index (Phi) is 8.88. The van der Waals surface area contributed by atoms with Crippen LogP contribution in [0.4, 0.5) is 0 Å². The lowest BCUT2D eigenvalue weighted by Gasteiger charge is -2.44. The number of ether oxygens (including phenoxy) is 1. The number of fused-ring (bicyclic) bond motifs is 4. The zero-order chi connectivity index (χ0) is 45.0. The fraction of sp³-hybridized carbons (Fsp3) is 0.424. The van der Waals surface area contributed by atoms with Gasteiger partial charge in [-0.2, -0.15) is 0 Å². The summed E-state index contributed by atoms with van der Waals surface area (Å²) in [6.45, 7) is 40.4. The largest absolute Gasteiger partial charge is 0.456 e. The molecule has 62 heavy (non-hydrogen) atoms. The molecule has 3 nitrogen and oxygen atoms in total. The van der Waals surface area contributed by atoms with Crippen molar-refractivity contribution in [1.29, 1.82) is 0 Å². The SMILES string of the molecule is CC(C)(C)c1ccc2c(c1)-c1cc(cc(-c3ccc4c(c3)C(C)(C)C(C)(C)C4(C)C)n1)C(C)(C)c1ccc(c(-c3cccc(-c4ccc5c(c4)C(C)(C)C(C)(C)C5(C)C)n3)c1)O2. The number of hydrogen-bond donors (Lipinski definition) is 0. The highest BCUT2D eigenvalue weighted by Crippen LogP contribution is 2.63. The van der Waals surface area contributed by atoms with Gasteiger partial charge in [-0.25, -0.2) is 9.97 Å². The summed E-state index contributed by atoms with van der Waals surface area (Å²) in [5.74, 6) is 1.56. The summed E-state index contributed by atoms with van der Waals surface area (Å²) in [7, 11) is 0. The number of aromatic nitrogens is 2. The van der Waals surface area contributed by atoms with E-state index in [2.05, 4.69) is 221 Å². The van der Waals surface area contributed by atoms with Crippen LogP contribution >= 0.6 is 0 Å². The molecule has 6 aromatic rings. The molecule has 4 heterocycles. The van der Waals surface area contributed by atoms with Gasteiger partial charge < -0.3 is 4.74 Å². The number of benzene rings is 4. The molecule has 0 amide bonds. The molecule has 0 saturated heterocycles. The minimum Gasteiger partial charge on any atom is -0.456 e. The molecule has 2 aliphatic heterocycles. The highest BCUT2D eigenvalue weighted by molar-refractivity contribution is 5.78. The summed E-state index contributed by atoms with van der Waals surface area (Å²) in [6, 6.07) is 38.6. The predicted octanol–water partition coefficient (Wildman–Crippen LogP) is 16.1. The van der Waals surface area contributed by atoms with Crippen LogP contribution in [0.1, 0.15) is 157 Å². The van der Waals surface area contributed by atoms with Crippen LogP contribution in [0.15, 0.2) is 103 Å². The Hall–Kier alpha value is -5.02. The van der Waals surface area contributed by atoms with E-state index in [4.69, 9.17) is 14.7 Å². The molecule has 320 valence electrons. The van der Waals surface area contributed by atoms with Crippen molar-refractivity contribution in [1.82, 2.24) is 9.97 Å². The van der Waals surface area contributed by atoms with E-state index in [0.29, 0.717) is 0 Å². The lowest BCUT2D eigenvalue weighted by molar-refractivity contribution is 0.125. The molecular weight excluding hydrogens is 753 g/mol. The maximum atomic E-state index is 7.14.